The van der Waals surface area contributed by atoms with Crippen LogP contribution in [-0.4, -0.2) is 39.2 Å². The van der Waals surface area contributed by atoms with Gasteiger partial charge in [0.15, 0.2) is 11.3 Å². The van der Waals surface area contributed by atoms with Gasteiger partial charge in [-0.25, -0.2) is 14.5 Å². The lowest BCUT2D eigenvalue weighted by molar-refractivity contribution is -0.0510. The topological polar surface area (TPSA) is 83.8 Å². The molecular formula is C18H15ClF2N6O2. The standard InChI is InChI=1S/C18H15ClF2N6O2/c1-26-16(11-7-10(19)4-5-14(11)29-18(20)21)12(8-24-26)25-17(28)13-9-22-15-3-2-6-23-27(13)15/h2-9,16,18,24H,1H3,(H,25,28). The molecule has 0 spiro atoms. The van der Waals surface area contributed by atoms with Crippen LogP contribution < -0.4 is 15.5 Å². The van der Waals surface area contributed by atoms with Crippen molar-refractivity contribution >= 4 is 23.2 Å². The first kappa shape index (κ1) is 19.1. The fourth-order valence-electron chi connectivity index (χ4n) is 3.13. The second-order valence-electron chi connectivity index (χ2n) is 6.19. The summed E-state index contributed by atoms with van der Waals surface area (Å²) in [6, 6.07) is 7.14. The lowest BCUT2D eigenvalue weighted by Crippen LogP contribution is -2.33. The highest BCUT2D eigenvalue weighted by atomic mass is 35.5. The molecule has 4 rings (SSSR count). The molecule has 3 aromatic rings. The van der Waals surface area contributed by atoms with E-state index in [9.17, 15) is 13.6 Å². The molecular weight excluding hydrogens is 406 g/mol. The molecule has 11 heteroatoms. The summed E-state index contributed by atoms with van der Waals surface area (Å²) in [5.41, 5.74) is 4.48. The molecule has 1 aromatic carbocycles. The summed E-state index contributed by atoms with van der Waals surface area (Å²) in [7, 11) is 1.70. The molecule has 1 amide bonds. The lowest BCUT2D eigenvalue weighted by Gasteiger charge is -2.25. The van der Waals surface area contributed by atoms with Crippen molar-refractivity contribution in [1.29, 1.82) is 0 Å². The number of carbonyl (C=O) groups excluding carboxylic acids is 1. The van der Waals surface area contributed by atoms with E-state index < -0.39 is 18.6 Å². The summed E-state index contributed by atoms with van der Waals surface area (Å²) in [5.74, 6) is -0.496. The maximum Gasteiger partial charge on any atom is 0.387 e. The van der Waals surface area contributed by atoms with E-state index in [1.807, 2.05) is 0 Å². The van der Waals surface area contributed by atoms with E-state index in [2.05, 4.69) is 25.6 Å². The Hall–Kier alpha value is -3.24. The number of alkyl halides is 2. The zero-order valence-corrected chi connectivity index (χ0v) is 15.8. The molecule has 1 aliphatic heterocycles. The molecule has 0 bridgehead atoms. The van der Waals surface area contributed by atoms with Gasteiger partial charge in [0.1, 0.15) is 5.75 Å². The van der Waals surface area contributed by atoms with Gasteiger partial charge in [-0.05, 0) is 30.3 Å². The Kier molecular flexibility index (Phi) is 5.03. The Morgan fingerprint density at radius 3 is 3.00 bits per heavy atom. The van der Waals surface area contributed by atoms with Gasteiger partial charge in [-0.1, -0.05) is 11.6 Å². The predicted molar refractivity (Wildman–Crippen MR) is 100 cm³/mol. The van der Waals surface area contributed by atoms with Crippen molar-refractivity contribution in [2.75, 3.05) is 7.05 Å². The molecule has 29 heavy (non-hydrogen) atoms. The van der Waals surface area contributed by atoms with E-state index >= 15 is 0 Å². The summed E-state index contributed by atoms with van der Waals surface area (Å²) >= 11 is 6.07. The van der Waals surface area contributed by atoms with Crippen molar-refractivity contribution in [2.24, 2.45) is 0 Å². The lowest BCUT2D eigenvalue weighted by atomic mass is 10.0. The smallest absolute Gasteiger partial charge is 0.387 e. The van der Waals surface area contributed by atoms with E-state index in [-0.39, 0.29) is 11.4 Å². The van der Waals surface area contributed by atoms with Crippen LogP contribution in [0.4, 0.5) is 8.78 Å². The highest BCUT2D eigenvalue weighted by Gasteiger charge is 2.31. The Bertz CT molecular complexity index is 1100. The van der Waals surface area contributed by atoms with Crippen LogP contribution >= 0.6 is 11.6 Å². The minimum Gasteiger partial charge on any atom is -0.434 e. The number of halogens is 3. The predicted octanol–water partition coefficient (Wildman–Crippen LogP) is 2.75. The number of hydrogen-bond donors (Lipinski definition) is 2. The molecule has 2 aromatic heterocycles. The number of hydrogen-bond acceptors (Lipinski definition) is 6. The van der Waals surface area contributed by atoms with Gasteiger partial charge in [-0.2, -0.15) is 13.9 Å². The normalized spacial score (nSPS) is 16.7. The molecule has 8 nitrogen and oxygen atoms in total. The monoisotopic (exact) mass is 420 g/mol. The number of rotatable bonds is 5. The molecule has 0 fully saturated rings. The van der Waals surface area contributed by atoms with E-state index in [0.29, 0.717) is 21.9 Å². The Morgan fingerprint density at radius 1 is 1.38 bits per heavy atom. The fourth-order valence-corrected chi connectivity index (χ4v) is 3.31. The molecule has 0 saturated carbocycles. The third kappa shape index (κ3) is 3.71. The van der Waals surface area contributed by atoms with Crippen molar-refractivity contribution < 1.29 is 18.3 Å². The first-order valence-corrected chi connectivity index (χ1v) is 8.85. The highest BCUT2D eigenvalue weighted by Crippen LogP contribution is 2.37. The highest BCUT2D eigenvalue weighted by molar-refractivity contribution is 6.30. The van der Waals surface area contributed by atoms with Gasteiger partial charge in [0, 0.05) is 30.0 Å². The number of benzene rings is 1. The molecule has 1 unspecified atom stereocenters. The summed E-state index contributed by atoms with van der Waals surface area (Å²) in [5, 5.41) is 8.88. The van der Waals surface area contributed by atoms with Crippen LogP contribution in [0.25, 0.3) is 5.65 Å². The third-order valence-corrected chi connectivity index (χ3v) is 4.59. The number of nitrogens with zero attached hydrogens (tertiary/aromatic N) is 4. The van der Waals surface area contributed by atoms with Crippen LogP contribution in [0.3, 0.4) is 0 Å². The molecule has 3 heterocycles. The zero-order valence-electron chi connectivity index (χ0n) is 15.0. The minimum absolute atomic E-state index is 0.0402. The maximum absolute atomic E-state index is 12.8. The number of carbonyl (C=O) groups is 1. The Labute approximate surface area is 168 Å². The van der Waals surface area contributed by atoms with Gasteiger partial charge in [-0.15, -0.1) is 0 Å². The molecule has 0 radical (unpaired) electrons. The van der Waals surface area contributed by atoms with E-state index in [1.165, 1.54) is 28.9 Å². The van der Waals surface area contributed by atoms with Crippen molar-refractivity contribution in [3.63, 3.8) is 0 Å². The van der Waals surface area contributed by atoms with Gasteiger partial charge in [0.2, 0.25) is 0 Å². The molecule has 0 saturated heterocycles. The maximum atomic E-state index is 12.8. The quantitative estimate of drug-likeness (QED) is 0.660. The van der Waals surface area contributed by atoms with Crippen LogP contribution in [0.1, 0.15) is 22.1 Å². The van der Waals surface area contributed by atoms with E-state index in [4.69, 9.17) is 11.6 Å². The molecule has 150 valence electrons. The Morgan fingerprint density at radius 2 is 2.21 bits per heavy atom. The van der Waals surface area contributed by atoms with Crippen LogP contribution in [0.15, 0.2) is 54.6 Å². The number of likely N-dealkylation sites (N-methyl/N-ethyl adjacent to an activating group) is 1. The van der Waals surface area contributed by atoms with Gasteiger partial charge < -0.3 is 15.5 Å². The minimum atomic E-state index is -3.00. The second kappa shape index (κ2) is 7.64. The number of nitrogens with one attached hydrogen (secondary N) is 2. The van der Waals surface area contributed by atoms with Crippen molar-refractivity contribution in [1.82, 2.24) is 30.3 Å². The molecule has 1 atom stereocenters. The van der Waals surface area contributed by atoms with Gasteiger partial charge in [-0.3, -0.25) is 4.79 Å². The SMILES string of the molecule is CN1NC=C(NC(=O)c2cnc3cccnn23)C1c1cc(Cl)ccc1OC(F)F. The van der Waals surface area contributed by atoms with Crippen LogP contribution in [0, 0.1) is 0 Å². The third-order valence-electron chi connectivity index (χ3n) is 4.36. The summed E-state index contributed by atoms with van der Waals surface area (Å²) < 4.78 is 31.7. The van der Waals surface area contributed by atoms with Crippen molar-refractivity contribution in [3.8, 4) is 5.75 Å². The number of fused-ring (bicyclic) bond motifs is 1. The Balaban J connectivity index is 1.65. The van der Waals surface area contributed by atoms with Crippen LogP contribution in [0.2, 0.25) is 5.02 Å². The van der Waals surface area contributed by atoms with E-state index in [0.717, 1.165) is 0 Å². The van der Waals surface area contributed by atoms with Gasteiger partial charge >= 0.3 is 6.61 Å². The second-order valence-corrected chi connectivity index (χ2v) is 6.63. The number of aromatic nitrogens is 3. The number of imidazole rings is 1. The number of ether oxygens (including phenoxy) is 1. The molecule has 2 N–H and O–H groups in total. The summed E-state index contributed by atoms with van der Waals surface area (Å²) in [6.45, 7) is -3.00. The van der Waals surface area contributed by atoms with Crippen LogP contribution in [0.5, 0.6) is 5.75 Å². The van der Waals surface area contributed by atoms with Crippen molar-refractivity contribution in [3.05, 3.63) is 70.9 Å². The zero-order chi connectivity index (χ0) is 20.5. The van der Waals surface area contributed by atoms with Crippen molar-refractivity contribution in [2.45, 2.75) is 12.7 Å². The largest absolute Gasteiger partial charge is 0.434 e. The van der Waals surface area contributed by atoms with Crippen LogP contribution in [-0.2, 0) is 0 Å². The van der Waals surface area contributed by atoms with Gasteiger partial charge in [0.05, 0.1) is 17.9 Å². The molecule has 1 aliphatic rings. The number of hydrazine groups is 1. The first-order chi connectivity index (χ1) is 13.9. The molecule has 0 aliphatic carbocycles. The summed E-state index contributed by atoms with van der Waals surface area (Å²) in [6.07, 6.45) is 4.51. The average Bonchev–Trinajstić information content (AvgIpc) is 3.26. The fraction of sp³-hybridized carbons (Fsp3) is 0.167. The first-order valence-electron chi connectivity index (χ1n) is 8.47. The summed E-state index contributed by atoms with van der Waals surface area (Å²) in [4.78, 5) is 17.0. The van der Waals surface area contributed by atoms with E-state index in [1.54, 1.807) is 36.6 Å². The van der Waals surface area contributed by atoms with Gasteiger partial charge in [0.25, 0.3) is 5.91 Å². The number of amides is 1. The average molecular weight is 421 g/mol.